The van der Waals surface area contributed by atoms with Crippen molar-refractivity contribution in [2.24, 2.45) is 0 Å². The minimum atomic E-state index is -0.862. The molecule has 0 saturated heterocycles. The molecule has 0 atom stereocenters. The van der Waals surface area contributed by atoms with E-state index in [-0.39, 0.29) is 12.5 Å². The Morgan fingerprint density at radius 1 is 1.29 bits per heavy atom. The summed E-state index contributed by atoms with van der Waals surface area (Å²) in [6.45, 7) is 7.70. The number of aryl methyl sites for hydroxylation is 2. The second kappa shape index (κ2) is 5.32. The van der Waals surface area contributed by atoms with Gasteiger partial charge in [0.2, 0.25) is 5.91 Å². The molecule has 0 saturated carbocycles. The van der Waals surface area contributed by atoms with E-state index >= 15 is 0 Å². The predicted molar refractivity (Wildman–Crippen MR) is 68.9 cm³/mol. The van der Waals surface area contributed by atoms with Crippen LogP contribution in [0.15, 0.2) is 18.2 Å². The fraction of sp³-hybridized carbons (Fsp3) is 0.500. The average Bonchev–Trinajstić information content (AvgIpc) is 2.20. The maximum atomic E-state index is 11.6. The molecule has 17 heavy (non-hydrogen) atoms. The van der Waals surface area contributed by atoms with Crippen molar-refractivity contribution < 1.29 is 9.90 Å². The van der Waals surface area contributed by atoms with Crippen molar-refractivity contribution in [3.63, 3.8) is 0 Å². The predicted octanol–water partition coefficient (Wildman–Crippen LogP) is 1.73. The van der Waals surface area contributed by atoms with Crippen LogP contribution in [0.2, 0.25) is 0 Å². The Hall–Kier alpha value is -1.35. The lowest BCUT2D eigenvalue weighted by Crippen LogP contribution is -2.38. The second-order valence-corrected chi connectivity index (χ2v) is 5.18. The van der Waals surface area contributed by atoms with E-state index in [0.717, 1.165) is 5.56 Å². The highest BCUT2D eigenvalue weighted by Gasteiger charge is 2.13. The van der Waals surface area contributed by atoms with Gasteiger partial charge in [0.15, 0.2) is 0 Å². The number of amides is 1. The first-order chi connectivity index (χ1) is 7.78. The SMILES string of the molecule is Cc1ccc(CC(=O)NCC(C)(C)O)cc1C. The molecule has 1 aromatic rings. The van der Waals surface area contributed by atoms with E-state index < -0.39 is 5.60 Å². The molecule has 1 rings (SSSR count). The van der Waals surface area contributed by atoms with Gasteiger partial charge in [-0.3, -0.25) is 4.79 Å². The summed E-state index contributed by atoms with van der Waals surface area (Å²) in [6, 6.07) is 6.01. The van der Waals surface area contributed by atoms with E-state index in [0.29, 0.717) is 6.42 Å². The van der Waals surface area contributed by atoms with Gasteiger partial charge in [-0.1, -0.05) is 18.2 Å². The summed E-state index contributed by atoms with van der Waals surface area (Å²) in [5.74, 6) is -0.0598. The van der Waals surface area contributed by atoms with Gasteiger partial charge < -0.3 is 10.4 Å². The molecule has 0 radical (unpaired) electrons. The Kier molecular flexibility index (Phi) is 4.29. The number of carbonyl (C=O) groups is 1. The third kappa shape index (κ3) is 5.00. The van der Waals surface area contributed by atoms with Gasteiger partial charge in [-0.2, -0.15) is 0 Å². The van der Waals surface area contributed by atoms with Gasteiger partial charge in [0.05, 0.1) is 12.0 Å². The van der Waals surface area contributed by atoms with Crippen LogP contribution in [0.4, 0.5) is 0 Å². The molecule has 0 spiro atoms. The highest BCUT2D eigenvalue weighted by atomic mass is 16.3. The van der Waals surface area contributed by atoms with Gasteiger partial charge in [-0.05, 0) is 44.4 Å². The maximum absolute atomic E-state index is 11.6. The second-order valence-electron chi connectivity index (χ2n) is 5.18. The topological polar surface area (TPSA) is 49.3 Å². The van der Waals surface area contributed by atoms with Crippen LogP contribution >= 0.6 is 0 Å². The molecule has 0 unspecified atom stereocenters. The van der Waals surface area contributed by atoms with Crippen molar-refractivity contribution in [2.75, 3.05) is 6.54 Å². The van der Waals surface area contributed by atoms with Crippen molar-refractivity contribution in [2.45, 2.75) is 39.7 Å². The van der Waals surface area contributed by atoms with Crippen molar-refractivity contribution in [3.05, 3.63) is 34.9 Å². The molecular formula is C14H21NO2. The van der Waals surface area contributed by atoms with Gasteiger partial charge in [-0.15, -0.1) is 0 Å². The number of rotatable bonds is 4. The number of carbonyl (C=O) groups excluding carboxylic acids is 1. The van der Waals surface area contributed by atoms with Crippen LogP contribution < -0.4 is 5.32 Å². The van der Waals surface area contributed by atoms with E-state index in [2.05, 4.69) is 5.32 Å². The van der Waals surface area contributed by atoms with Crippen LogP contribution in [-0.4, -0.2) is 23.2 Å². The summed E-state index contributed by atoms with van der Waals surface area (Å²) >= 11 is 0. The molecule has 1 aromatic carbocycles. The molecule has 0 aliphatic carbocycles. The normalized spacial score (nSPS) is 11.4. The quantitative estimate of drug-likeness (QED) is 0.835. The smallest absolute Gasteiger partial charge is 0.224 e. The van der Waals surface area contributed by atoms with Gasteiger partial charge in [0.1, 0.15) is 0 Å². The molecule has 94 valence electrons. The number of hydrogen-bond acceptors (Lipinski definition) is 2. The van der Waals surface area contributed by atoms with Crippen molar-refractivity contribution in [3.8, 4) is 0 Å². The van der Waals surface area contributed by atoms with Crippen LogP contribution in [0.25, 0.3) is 0 Å². The largest absolute Gasteiger partial charge is 0.389 e. The zero-order valence-electron chi connectivity index (χ0n) is 11.0. The molecule has 0 bridgehead atoms. The Balaban J connectivity index is 2.54. The first-order valence-electron chi connectivity index (χ1n) is 5.83. The highest BCUT2D eigenvalue weighted by molar-refractivity contribution is 5.78. The fourth-order valence-electron chi connectivity index (χ4n) is 1.48. The number of nitrogens with one attached hydrogen (secondary N) is 1. The average molecular weight is 235 g/mol. The Morgan fingerprint density at radius 2 is 1.94 bits per heavy atom. The van der Waals surface area contributed by atoms with Gasteiger partial charge in [-0.25, -0.2) is 0 Å². The van der Waals surface area contributed by atoms with E-state index in [4.69, 9.17) is 0 Å². The summed E-state index contributed by atoms with van der Waals surface area (Å²) < 4.78 is 0. The molecule has 3 heteroatoms. The summed E-state index contributed by atoms with van der Waals surface area (Å²) in [6.07, 6.45) is 0.358. The standard InChI is InChI=1S/C14H21NO2/c1-10-5-6-12(7-11(10)2)8-13(16)15-9-14(3,4)17/h5-7,17H,8-9H2,1-4H3,(H,15,16). The lowest BCUT2D eigenvalue weighted by Gasteiger charge is -2.17. The van der Waals surface area contributed by atoms with Crippen LogP contribution in [-0.2, 0) is 11.2 Å². The zero-order chi connectivity index (χ0) is 13.1. The molecule has 0 aliphatic heterocycles. The first kappa shape index (κ1) is 13.7. The molecular weight excluding hydrogens is 214 g/mol. The van der Waals surface area contributed by atoms with Crippen LogP contribution in [0, 0.1) is 13.8 Å². The summed E-state index contributed by atoms with van der Waals surface area (Å²) in [7, 11) is 0. The van der Waals surface area contributed by atoms with Crippen LogP contribution in [0.3, 0.4) is 0 Å². The number of hydrogen-bond donors (Lipinski definition) is 2. The Morgan fingerprint density at radius 3 is 2.47 bits per heavy atom. The summed E-state index contributed by atoms with van der Waals surface area (Å²) in [5.41, 5.74) is 2.56. The molecule has 0 aromatic heterocycles. The van der Waals surface area contributed by atoms with E-state index in [1.54, 1.807) is 13.8 Å². The van der Waals surface area contributed by atoms with Crippen LogP contribution in [0.1, 0.15) is 30.5 Å². The third-order valence-electron chi connectivity index (χ3n) is 2.65. The van der Waals surface area contributed by atoms with Gasteiger partial charge in [0.25, 0.3) is 0 Å². The van der Waals surface area contributed by atoms with Crippen molar-refractivity contribution in [1.29, 1.82) is 0 Å². The number of aliphatic hydroxyl groups is 1. The molecule has 2 N–H and O–H groups in total. The fourth-order valence-corrected chi connectivity index (χ4v) is 1.48. The lowest BCUT2D eigenvalue weighted by atomic mass is 10.0. The minimum Gasteiger partial charge on any atom is -0.389 e. The molecule has 3 nitrogen and oxygen atoms in total. The minimum absolute atomic E-state index is 0.0598. The van der Waals surface area contributed by atoms with E-state index in [9.17, 15) is 9.90 Å². The van der Waals surface area contributed by atoms with Gasteiger partial charge >= 0.3 is 0 Å². The molecule has 0 fully saturated rings. The van der Waals surface area contributed by atoms with Crippen molar-refractivity contribution >= 4 is 5.91 Å². The Bertz CT molecular complexity index is 405. The van der Waals surface area contributed by atoms with E-state index in [1.165, 1.54) is 11.1 Å². The molecule has 0 aliphatic rings. The molecule has 1 amide bonds. The molecule has 0 heterocycles. The van der Waals surface area contributed by atoms with Crippen molar-refractivity contribution in [1.82, 2.24) is 5.32 Å². The third-order valence-corrected chi connectivity index (χ3v) is 2.65. The first-order valence-corrected chi connectivity index (χ1v) is 5.83. The summed E-state index contributed by atoms with van der Waals surface area (Å²) in [5, 5.41) is 12.2. The number of benzene rings is 1. The van der Waals surface area contributed by atoms with E-state index in [1.807, 2.05) is 32.0 Å². The lowest BCUT2D eigenvalue weighted by molar-refractivity contribution is -0.121. The summed E-state index contributed by atoms with van der Waals surface area (Å²) in [4.78, 5) is 11.6. The van der Waals surface area contributed by atoms with Gasteiger partial charge in [0, 0.05) is 6.54 Å². The highest BCUT2D eigenvalue weighted by Crippen LogP contribution is 2.10. The zero-order valence-corrected chi connectivity index (χ0v) is 11.0. The maximum Gasteiger partial charge on any atom is 0.224 e. The Labute approximate surface area is 103 Å². The monoisotopic (exact) mass is 235 g/mol. The van der Waals surface area contributed by atoms with Crippen LogP contribution in [0.5, 0.6) is 0 Å².